The smallest absolute Gasteiger partial charge is 0.310 e. The Bertz CT molecular complexity index is 1350. The van der Waals surface area contributed by atoms with Crippen molar-refractivity contribution in [2.75, 3.05) is 5.32 Å². The number of benzene rings is 2. The van der Waals surface area contributed by atoms with Gasteiger partial charge in [0, 0.05) is 18.7 Å². The number of para-hydroxylation sites is 2. The molecular formula is C21H21N5O3. The lowest BCUT2D eigenvalue weighted by Gasteiger charge is -2.10. The van der Waals surface area contributed by atoms with E-state index in [0.29, 0.717) is 22.4 Å². The Hall–Kier alpha value is -3.68. The monoisotopic (exact) mass is 391 g/mol. The zero-order valence-electron chi connectivity index (χ0n) is 16.2. The number of H-pyrrole nitrogens is 1. The van der Waals surface area contributed by atoms with E-state index in [1.165, 1.54) is 6.07 Å². The standard InChI is InChI=1S/C21H21N5O3/c1-3-11-26-17-8-6-5-7-15(17)22-20(26)24-18(27)13-9-10-14-16(12-13)23-21(29)25(4-2)19(14)28/h5-10,12H,3-4,11H2,1-2H3,(H,23,29)(H,22,24,27). The Labute approximate surface area is 165 Å². The molecule has 2 N–H and O–H groups in total. The minimum atomic E-state index is -0.493. The van der Waals surface area contributed by atoms with Gasteiger partial charge in [0.05, 0.1) is 21.9 Å². The minimum Gasteiger partial charge on any atom is -0.310 e. The van der Waals surface area contributed by atoms with Crippen LogP contribution in [0, 0.1) is 0 Å². The summed E-state index contributed by atoms with van der Waals surface area (Å²) in [4.78, 5) is 44.5. The van der Waals surface area contributed by atoms with Crippen LogP contribution in [0.25, 0.3) is 21.9 Å². The van der Waals surface area contributed by atoms with Gasteiger partial charge in [-0.25, -0.2) is 9.78 Å². The van der Waals surface area contributed by atoms with Gasteiger partial charge in [0.15, 0.2) is 0 Å². The maximum atomic E-state index is 12.8. The Morgan fingerprint density at radius 3 is 2.66 bits per heavy atom. The van der Waals surface area contributed by atoms with E-state index in [-0.39, 0.29) is 18.0 Å². The lowest BCUT2D eigenvalue weighted by atomic mass is 10.1. The number of hydrogen-bond donors (Lipinski definition) is 2. The fourth-order valence-corrected chi connectivity index (χ4v) is 3.48. The van der Waals surface area contributed by atoms with Gasteiger partial charge in [0.2, 0.25) is 5.95 Å². The molecule has 0 atom stereocenters. The average Bonchev–Trinajstić information content (AvgIpc) is 3.05. The van der Waals surface area contributed by atoms with Crippen LogP contribution >= 0.6 is 0 Å². The highest BCUT2D eigenvalue weighted by Crippen LogP contribution is 2.21. The molecule has 0 aliphatic carbocycles. The zero-order chi connectivity index (χ0) is 20.5. The fraction of sp³-hybridized carbons (Fsp3) is 0.238. The number of aryl methyl sites for hydroxylation is 1. The molecule has 0 unspecified atom stereocenters. The molecule has 0 aliphatic rings. The zero-order valence-corrected chi connectivity index (χ0v) is 16.2. The first-order valence-electron chi connectivity index (χ1n) is 9.57. The van der Waals surface area contributed by atoms with Gasteiger partial charge in [-0.3, -0.25) is 19.5 Å². The van der Waals surface area contributed by atoms with Crippen molar-refractivity contribution < 1.29 is 4.79 Å². The molecule has 2 heterocycles. The molecule has 1 amide bonds. The Morgan fingerprint density at radius 2 is 1.90 bits per heavy atom. The van der Waals surface area contributed by atoms with E-state index >= 15 is 0 Å². The van der Waals surface area contributed by atoms with Gasteiger partial charge >= 0.3 is 5.69 Å². The predicted molar refractivity (Wildman–Crippen MR) is 112 cm³/mol. The Kier molecular flexibility index (Phi) is 4.75. The van der Waals surface area contributed by atoms with Gasteiger partial charge < -0.3 is 9.55 Å². The third-order valence-corrected chi connectivity index (χ3v) is 4.89. The van der Waals surface area contributed by atoms with Crippen molar-refractivity contribution in [2.24, 2.45) is 0 Å². The van der Waals surface area contributed by atoms with E-state index in [4.69, 9.17) is 0 Å². The average molecular weight is 391 g/mol. The maximum Gasteiger partial charge on any atom is 0.328 e. The molecule has 4 aromatic rings. The van der Waals surface area contributed by atoms with E-state index in [2.05, 4.69) is 22.2 Å². The lowest BCUT2D eigenvalue weighted by Crippen LogP contribution is -2.34. The van der Waals surface area contributed by atoms with Crippen molar-refractivity contribution in [2.45, 2.75) is 33.4 Å². The summed E-state index contributed by atoms with van der Waals surface area (Å²) in [5.41, 5.74) is 1.55. The molecular weight excluding hydrogens is 370 g/mol. The second kappa shape index (κ2) is 7.38. The van der Waals surface area contributed by atoms with Gasteiger partial charge in [-0.2, -0.15) is 0 Å². The van der Waals surface area contributed by atoms with Gasteiger partial charge in [0.25, 0.3) is 11.5 Å². The van der Waals surface area contributed by atoms with Crippen LogP contribution in [0.15, 0.2) is 52.1 Å². The second-order valence-electron chi connectivity index (χ2n) is 6.77. The minimum absolute atomic E-state index is 0.278. The summed E-state index contributed by atoms with van der Waals surface area (Å²) < 4.78 is 3.09. The highest BCUT2D eigenvalue weighted by Gasteiger charge is 2.15. The lowest BCUT2D eigenvalue weighted by molar-refractivity contribution is 0.102. The number of carbonyl (C=O) groups excluding carboxylic acids is 1. The molecule has 0 fully saturated rings. The number of nitrogens with zero attached hydrogens (tertiary/aromatic N) is 3. The molecule has 2 aromatic heterocycles. The van der Waals surface area contributed by atoms with Crippen molar-refractivity contribution in [1.29, 1.82) is 0 Å². The van der Waals surface area contributed by atoms with Crippen LogP contribution in [0.1, 0.15) is 30.6 Å². The van der Waals surface area contributed by atoms with Crippen LogP contribution in [-0.2, 0) is 13.1 Å². The number of imidazole rings is 1. The van der Waals surface area contributed by atoms with E-state index in [0.717, 1.165) is 28.6 Å². The largest absolute Gasteiger partial charge is 0.328 e. The van der Waals surface area contributed by atoms with Crippen LogP contribution in [-0.4, -0.2) is 25.0 Å². The number of aromatic nitrogens is 4. The molecule has 8 heteroatoms. The first kappa shape index (κ1) is 18.7. The number of carbonyl (C=O) groups is 1. The third kappa shape index (κ3) is 3.22. The van der Waals surface area contributed by atoms with E-state index < -0.39 is 5.69 Å². The number of rotatable bonds is 5. The van der Waals surface area contributed by atoms with Crippen LogP contribution in [0.5, 0.6) is 0 Å². The van der Waals surface area contributed by atoms with Gasteiger partial charge in [-0.1, -0.05) is 19.1 Å². The molecule has 148 valence electrons. The molecule has 2 aromatic carbocycles. The second-order valence-corrected chi connectivity index (χ2v) is 6.77. The van der Waals surface area contributed by atoms with Crippen LogP contribution in [0.2, 0.25) is 0 Å². The molecule has 4 rings (SSSR count). The van der Waals surface area contributed by atoms with E-state index in [1.54, 1.807) is 19.1 Å². The first-order valence-corrected chi connectivity index (χ1v) is 9.57. The fourth-order valence-electron chi connectivity index (χ4n) is 3.48. The predicted octanol–water partition coefficient (Wildman–Crippen LogP) is 2.72. The summed E-state index contributed by atoms with van der Waals surface area (Å²) in [7, 11) is 0. The molecule has 0 aliphatic heterocycles. The van der Waals surface area contributed by atoms with Crippen molar-refractivity contribution in [3.63, 3.8) is 0 Å². The number of anilines is 1. The number of nitrogens with one attached hydrogen (secondary N) is 2. The summed E-state index contributed by atoms with van der Waals surface area (Å²) in [6, 6.07) is 12.3. The highest BCUT2D eigenvalue weighted by molar-refractivity contribution is 6.05. The normalized spacial score (nSPS) is 11.2. The van der Waals surface area contributed by atoms with Gasteiger partial charge in [-0.05, 0) is 43.7 Å². The van der Waals surface area contributed by atoms with Gasteiger partial charge in [0.1, 0.15) is 0 Å². The van der Waals surface area contributed by atoms with Crippen molar-refractivity contribution in [1.82, 2.24) is 19.1 Å². The molecule has 0 saturated heterocycles. The number of fused-ring (bicyclic) bond motifs is 2. The molecule has 0 bridgehead atoms. The van der Waals surface area contributed by atoms with E-state index in [9.17, 15) is 14.4 Å². The number of aromatic amines is 1. The van der Waals surface area contributed by atoms with E-state index in [1.807, 2.05) is 28.8 Å². The van der Waals surface area contributed by atoms with Crippen molar-refractivity contribution in [3.05, 3.63) is 68.9 Å². The Morgan fingerprint density at radius 1 is 1.10 bits per heavy atom. The van der Waals surface area contributed by atoms with Crippen molar-refractivity contribution in [3.8, 4) is 0 Å². The summed E-state index contributed by atoms with van der Waals surface area (Å²) in [5, 5.41) is 3.22. The third-order valence-electron chi connectivity index (χ3n) is 4.89. The molecule has 0 radical (unpaired) electrons. The summed E-state index contributed by atoms with van der Waals surface area (Å²) in [5.74, 6) is 0.105. The summed E-state index contributed by atoms with van der Waals surface area (Å²) >= 11 is 0. The van der Waals surface area contributed by atoms with Crippen LogP contribution in [0.3, 0.4) is 0 Å². The van der Waals surface area contributed by atoms with Gasteiger partial charge in [-0.15, -0.1) is 0 Å². The first-order chi connectivity index (χ1) is 14.0. The maximum absolute atomic E-state index is 12.8. The quantitative estimate of drug-likeness (QED) is 0.546. The SMILES string of the molecule is CCCn1c(NC(=O)c2ccc3c(=O)n(CC)c(=O)[nH]c3c2)nc2ccccc21. The van der Waals surface area contributed by atoms with Crippen LogP contribution < -0.4 is 16.6 Å². The number of amides is 1. The molecule has 0 spiro atoms. The van der Waals surface area contributed by atoms with Crippen molar-refractivity contribution >= 4 is 33.8 Å². The molecule has 0 saturated carbocycles. The molecule has 29 heavy (non-hydrogen) atoms. The summed E-state index contributed by atoms with van der Waals surface area (Å²) in [6.07, 6.45) is 0.893. The van der Waals surface area contributed by atoms with Crippen LogP contribution in [0.4, 0.5) is 5.95 Å². The Balaban J connectivity index is 1.73. The molecule has 8 nitrogen and oxygen atoms in total. The number of hydrogen-bond acceptors (Lipinski definition) is 4. The summed E-state index contributed by atoms with van der Waals surface area (Å²) in [6.45, 7) is 4.79. The topological polar surface area (TPSA) is 102 Å². The highest BCUT2D eigenvalue weighted by atomic mass is 16.2.